The third-order valence-corrected chi connectivity index (χ3v) is 4.12. The molecule has 18 heavy (non-hydrogen) atoms. The first-order valence-corrected chi connectivity index (χ1v) is 6.70. The molecule has 0 amide bonds. The molecule has 0 heterocycles. The van der Waals surface area contributed by atoms with Gasteiger partial charge in [0.15, 0.2) is 9.84 Å². The van der Waals surface area contributed by atoms with Crippen molar-refractivity contribution in [3.63, 3.8) is 0 Å². The predicted molar refractivity (Wildman–Crippen MR) is 61.9 cm³/mol. The lowest BCUT2D eigenvalue weighted by molar-refractivity contribution is -0.137. The van der Waals surface area contributed by atoms with Gasteiger partial charge in [0.1, 0.15) is 0 Å². The summed E-state index contributed by atoms with van der Waals surface area (Å²) in [6.07, 6.45) is -4.72. The highest BCUT2D eigenvalue weighted by Gasteiger charge is 2.34. The number of hydrogen-bond donors (Lipinski definition) is 1. The monoisotopic (exact) mass is 299 g/mol. The lowest BCUT2D eigenvalue weighted by Gasteiger charge is -2.11. The molecule has 0 aliphatic carbocycles. The maximum atomic E-state index is 12.6. The Balaban J connectivity index is 3.34. The molecule has 1 N–H and O–H groups in total. The summed E-state index contributed by atoms with van der Waals surface area (Å²) in [5.74, 6) is -0.619. The molecule has 1 aromatic rings. The zero-order chi connectivity index (χ0) is 14.1. The number of sulfone groups is 1. The SMILES string of the molecule is CC(=N)CS(=O)(=O)c1ccc(Cl)c(C(F)(F)F)c1. The molecule has 1 rings (SSSR count). The molecule has 0 saturated heterocycles. The molecular formula is C10H9ClF3NO2S. The van der Waals surface area contributed by atoms with Gasteiger partial charge in [-0.3, -0.25) is 0 Å². The Labute approximate surface area is 107 Å². The van der Waals surface area contributed by atoms with E-state index in [1.165, 1.54) is 6.92 Å². The van der Waals surface area contributed by atoms with Gasteiger partial charge in [0.05, 0.1) is 21.2 Å². The highest BCUT2D eigenvalue weighted by Crippen LogP contribution is 2.36. The number of benzene rings is 1. The fourth-order valence-electron chi connectivity index (χ4n) is 1.28. The lowest BCUT2D eigenvalue weighted by Crippen LogP contribution is -2.14. The molecule has 0 unspecified atom stereocenters. The predicted octanol–water partition coefficient (Wildman–Crippen LogP) is 3.17. The summed E-state index contributed by atoms with van der Waals surface area (Å²) < 4.78 is 61.0. The van der Waals surface area contributed by atoms with E-state index in [0.29, 0.717) is 6.07 Å². The Morgan fingerprint density at radius 1 is 1.39 bits per heavy atom. The van der Waals surface area contributed by atoms with Gasteiger partial charge in [-0.25, -0.2) is 8.42 Å². The van der Waals surface area contributed by atoms with Crippen LogP contribution in [0.15, 0.2) is 23.1 Å². The van der Waals surface area contributed by atoms with Crippen molar-refractivity contribution in [2.45, 2.75) is 18.0 Å². The van der Waals surface area contributed by atoms with Crippen LogP contribution in [0.25, 0.3) is 0 Å². The van der Waals surface area contributed by atoms with Crippen molar-refractivity contribution < 1.29 is 21.6 Å². The van der Waals surface area contributed by atoms with Gasteiger partial charge in [-0.05, 0) is 25.1 Å². The summed E-state index contributed by atoms with van der Waals surface area (Å²) >= 11 is 5.38. The average molecular weight is 300 g/mol. The van der Waals surface area contributed by atoms with Crippen molar-refractivity contribution in [2.75, 3.05) is 5.75 Å². The van der Waals surface area contributed by atoms with Crippen molar-refractivity contribution >= 4 is 27.1 Å². The Morgan fingerprint density at radius 2 is 1.94 bits per heavy atom. The quantitative estimate of drug-likeness (QED) is 0.872. The second kappa shape index (κ2) is 4.89. The molecule has 100 valence electrons. The van der Waals surface area contributed by atoms with Gasteiger partial charge in [0, 0.05) is 5.71 Å². The maximum absolute atomic E-state index is 12.6. The van der Waals surface area contributed by atoms with Crippen molar-refractivity contribution in [3.8, 4) is 0 Å². The minimum Gasteiger partial charge on any atom is -0.309 e. The van der Waals surface area contributed by atoms with Gasteiger partial charge < -0.3 is 5.41 Å². The third kappa shape index (κ3) is 3.46. The highest BCUT2D eigenvalue weighted by atomic mass is 35.5. The Hall–Kier alpha value is -1.08. The standard InChI is InChI=1S/C10H9ClF3NO2S/c1-6(15)5-18(16,17)7-2-3-9(11)8(4-7)10(12,13)14/h2-4,15H,5H2,1H3. The van der Waals surface area contributed by atoms with Crippen LogP contribution < -0.4 is 0 Å². The van der Waals surface area contributed by atoms with E-state index in [1.54, 1.807) is 0 Å². The van der Waals surface area contributed by atoms with E-state index in [1.807, 2.05) is 0 Å². The van der Waals surface area contributed by atoms with Crippen LogP contribution in [0.1, 0.15) is 12.5 Å². The molecule has 0 fully saturated rings. The molecular weight excluding hydrogens is 291 g/mol. The van der Waals surface area contributed by atoms with Crippen molar-refractivity contribution in [1.82, 2.24) is 0 Å². The van der Waals surface area contributed by atoms with Crippen molar-refractivity contribution in [3.05, 3.63) is 28.8 Å². The number of rotatable bonds is 3. The largest absolute Gasteiger partial charge is 0.417 e. The average Bonchev–Trinajstić information content (AvgIpc) is 2.13. The molecule has 3 nitrogen and oxygen atoms in total. The molecule has 0 spiro atoms. The minimum atomic E-state index is -4.72. The van der Waals surface area contributed by atoms with Crippen molar-refractivity contribution in [2.24, 2.45) is 0 Å². The first kappa shape index (κ1) is 15.0. The Bertz CT molecular complexity index is 581. The maximum Gasteiger partial charge on any atom is 0.417 e. The molecule has 0 bridgehead atoms. The van der Waals surface area contributed by atoms with Gasteiger partial charge in [0.25, 0.3) is 0 Å². The fourth-order valence-corrected chi connectivity index (χ4v) is 2.82. The molecule has 0 atom stereocenters. The van der Waals surface area contributed by atoms with E-state index < -0.39 is 37.2 Å². The summed E-state index contributed by atoms with van der Waals surface area (Å²) in [5, 5.41) is 6.53. The van der Waals surface area contributed by atoms with Crippen LogP contribution in [0, 0.1) is 5.41 Å². The fraction of sp³-hybridized carbons (Fsp3) is 0.300. The summed E-state index contributed by atoms with van der Waals surface area (Å²) in [6.45, 7) is 1.26. The highest BCUT2D eigenvalue weighted by molar-refractivity contribution is 7.92. The minimum absolute atomic E-state index is 0.154. The van der Waals surface area contributed by atoms with E-state index >= 15 is 0 Å². The number of halogens is 4. The molecule has 0 aromatic heterocycles. The summed E-state index contributed by atoms with van der Waals surface area (Å²) in [4.78, 5) is -0.495. The molecule has 1 aromatic carbocycles. The van der Waals surface area contributed by atoms with Crippen molar-refractivity contribution in [1.29, 1.82) is 5.41 Å². The van der Waals surface area contributed by atoms with Crippen LogP contribution >= 0.6 is 11.6 Å². The van der Waals surface area contributed by atoms with Gasteiger partial charge in [-0.15, -0.1) is 0 Å². The van der Waals surface area contributed by atoms with Crippen LogP contribution in [0.4, 0.5) is 13.2 Å². The zero-order valence-corrected chi connectivity index (χ0v) is 10.7. The Kier molecular flexibility index (Phi) is 4.07. The van der Waals surface area contributed by atoms with E-state index in [4.69, 9.17) is 17.0 Å². The first-order chi connectivity index (χ1) is 8.04. The van der Waals surface area contributed by atoms with Gasteiger partial charge in [-0.2, -0.15) is 13.2 Å². The number of nitrogens with one attached hydrogen (secondary N) is 1. The molecule has 8 heteroatoms. The summed E-state index contributed by atoms with van der Waals surface area (Å²) in [6, 6.07) is 2.37. The van der Waals surface area contributed by atoms with E-state index in [9.17, 15) is 21.6 Å². The number of alkyl halides is 3. The van der Waals surface area contributed by atoms with Gasteiger partial charge in [0.2, 0.25) is 0 Å². The second-order valence-corrected chi connectivity index (χ2v) is 6.08. The van der Waals surface area contributed by atoms with Crippen LogP contribution in [0.2, 0.25) is 5.02 Å². The third-order valence-electron chi connectivity index (χ3n) is 2.01. The molecule has 0 saturated carbocycles. The van der Waals surface area contributed by atoms with Crippen LogP contribution in [0.3, 0.4) is 0 Å². The van der Waals surface area contributed by atoms with E-state index in [0.717, 1.165) is 12.1 Å². The summed E-state index contributed by atoms with van der Waals surface area (Å²) in [5.41, 5.74) is -1.36. The molecule has 0 aliphatic rings. The second-order valence-electron chi connectivity index (χ2n) is 3.68. The summed E-state index contributed by atoms with van der Waals surface area (Å²) in [7, 11) is -3.94. The molecule has 0 aliphatic heterocycles. The first-order valence-electron chi connectivity index (χ1n) is 4.67. The van der Waals surface area contributed by atoms with Gasteiger partial charge in [-0.1, -0.05) is 11.6 Å². The normalized spacial score (nSPS) is 12.5. The number of hydrogen-bond acceptors (Lipinski definition) is 3. The lowest BCUT2D eigenvalue weighted by atomic mass is 10.2. The smallest absolute Gasteiger partial charge is 0.309 e. The zero-order valence-electron chi connectivity index (χ0n) is 9.18. The van der Waals surface area contributed by atoms with Crippen LogP contribution in [-0.2, 0) is 16.0 Å². The van der Waals surface area contributed by atoms with Crippen LogP contribution in [-0.4, -0.2) is 19.9 Å². The topological polar surface area (TPSA) is 58.0 Å². The van der Waals surface area contributed by atoms with E-state index in [-0.39, 0.29) is 5.71 Å². The van der Waals surface area contributed by atoms with E-state index in [2.05, 4.69) is 0 Å². The van der Waals surface area contributed by atoms with Crippen LogP contribution in [0.5, 0.6) is 0 Å². The molecule has 0 radical (unpaired) electrons. The Morgan fingerprint density at radius 3 is 2.39 bits per heavy atom. The van der Waals surface area contributed by atoms with Gasteiger partial charge >= 0.3 is 6.18 Å².